The van der Waals surface area contributed by atoms with Gasteiger partial charge >= 0.3 is 11.6 Å². The molecule has 2 heterocycles. The number of pyridine rings is 1. The summed E-state index contributed by atoms with van der Waals surface area (Å²) in [6, 6.07) is 29.2. The van der Waals surface area contributed by atoms with E-state index in [-0.39, 0.29) is 6.61 Å². The highest BCUT2D eigenvalue weighted by molar-refractivity contribution is 6.33. The largest absolute Gasteiger partial charge is 0.457 e. The van der Waals surface area contributed by atoms with E-state index in [9.17, 15) is 9.59 Å². The fourth-order valence-electron chi connectivity index (χ4n) is 4.51. The normalized spacial score (nSPS) is 11.2. The molecule has 6 rings (SSSR count). The maximum Gasteiger partial charge on any atom is 0.339 e. The number of hydrogen-bond donors (Lipinski definition) is 0. The van der Waals surface area contributed by atoms with Crippen LogP contribution in [0.25, 0.3) is 43.9 Å². The number of para-hydroxylation sites is 1. The van der Waals surface area contributed by atoms with E-state index in [1.54, 1.807) is 18.2 Å². The van der Waals surface area contributed by atoms with Crippen LogP contribution in [0.15, 0.2) is 106 Å². The van der Waals surface area contributed by atoms with E-state index in [1.807, 2.05) is 72.8 Å². The van der Waals surface area contributed by atoms with E-state index in [0.29, 0.717) is 38.3 Å². The lowest BCUT2D eigenvalue weighted by Gasteiger charge is -2.12. The molecule has 0 fully saturated rings. The number of nitrogens with zero attached hydrogens (tertiary/aromatic N) is 1. The minimum Gasteiger partial charge on any atom is -0.457 e. The van der Waals surface area contributed by atoms with Crippen LogP contribution in [0, 0.1) is 0 Å². The van der Waals surface area contributed by atoms with E-state index in [0.717, 1.165) is 21.7 Å². The average Bonchev–Trinajstić information content (AvgIpc) is 2.90. The maximum absolute atomic E-state index is 13.4. The molecule has 0 atom stereocenters. The molecule has 0 spiro atoms. The predicted octanol–water partition coefficient (Wildman–Crippen LogP) is 7.17. The summed E-state index contributed by atoms with van der Waals surface area (Å²) in [4.78, 5) is 30.3. The minimum absolute atomic E-state index is 0.0903. The summed E-state index contributed by atoms with van der Waals surface area (Å²) in [5.41, 5.74) is 2.84. The molecule has 4 aromatic carbocycles. The molecule has 0 amide bonds. The van der Waals surface area contributed by atoms with Gasteiger partial charge in [-0.1, -0.05) is 78.3 Å². The van der Waals surface area contributed by atoms with Crippen LogP contribution in [0.3, 0.4) is 0 Å². The molecule has 0 aliphatic rings. The molecule has 0 bridgehead atoms. The zero-order chi connectivity index (χ0) is 24.6. The van der Waals surface area contributed by atoms with Crippen LogP contribution in [0.4, 0.5) is 0 Å². The summed E-state index contributed by atoms with van der Waals surface area (Å²) in [5, 5.41) is 3.86. The topological polar surface area (TPSA) is 69.4 Å². The molecule has 0 saturated heterocycles. The lowest BCUT2D eigenvalue weighted by Crippen LogP contribution is -2.09. The van der Waals surface area contributed by atoms with Gasteiger partial charge in [-0.2, -0.15) is 0 Å². The highest BCUT2D eigenvalue weighted by Crippen LogP contribution is 2.31. The summed E-state index contributed by atoms with van der Waals surface area (Å²) in [5.74, 6) is -0.525. The van der Waals surface area contributed by atoms with Crippen molar-refractivity contribution in [3.8, 4) is 11.3 Å². The monoisotopic (exact) mass is 491 g/mol. The van der Waals surface area contributed by atoms with Gasteiger partial charge in [0, 0.05) is 33.0 Å². The summed E-state index contributed by atoms with van der Waals surface area (Å²) in [7, 11) is 0. The first-order valence-corrected chi connectivity index (χ1v) is 11.7. The van der Waals surface area contributed by atoms with Gasteiger partial charge < -0.3 is 9.15 Å². The van der Waals surface area contributed by atoms with Crippen molar-refractivity contribution in [3.05, 3.63) is 124 Å². The van der Waals surface area contributed by atoms with Crippen molar-refractivity contribution in [1.29, 1.82) is 0 Å². The van der Waals surface area contributed by atoms with Crippen LogP contribution in [0.5, 0.6) is 0 Å². The zero-order valence-electron chi connectivity index (χ0n) is 18.9. The zero-order valence-corrected chi connectivity index (χ0v) is 19.7. The number of esters is 1. The Morgan fingerprint density at radius 3 is 2.47 bits per heavy atom. The number of rotatable bonds is 4. The number of aromatic nitrogens is 1. The molecule has 0 unspecified atom stereocenters. The lowest BCUT2D eigenvalue weighted by molar-refractivity contribution is 0.0476. The van der Waals surface area contributed by atoms with E-state index in [4.69, 9.17) is 25.7 Å². The highest BCUT2D eigenvalue weighted by Gasteiger charge is 2.18. The average molecular weight is 492 g/mol. The van der Waals surface area contributed by atoms with Gasteiger partial charge in [-0.15, -0.1) is 0 Å². The van der Waals surface area contributed by atoms with Gasteiger partial charge in [0.1, 0.15) is 12.2 Å². The molecule has 0 aliphatic carbocycles. The van der Waals surface area contributed by atoms with Gasteiger partial charge in [0.2, 0.25) is 0 Å². The second kappa shape index (κ2) is 8.95. The van der Waals surface area contributed by atoms with Crippen molar-refractivity contribution in [1.82, 2.24) is 4.98 Å². The number of benzene rings is 4. The van der Waals surface area contributed by atoms with Crippen LogP contribution in [-0.4, -0.2) is 11.0 Å². The van der Waals surface area contributed by atoms with Gasteiger partial charge in [-0.3, -0.25) is 0 Å². The first-order chi connectivity index (χ1) is 17.6. The van der Waals surface area contributed by atoms with Crippen molar-refractivity contribution >= 4 is 50.2 Å². The molecule has 0 saturated carbocycles. The number of ether oxygens (including phenoxy) is 1. The van der Waals surface area contributed by atoms with Gasteiger partial charge in [-0.25, -0.2) is 14.6 Å². The molecule has 5 nitrogen and oxygen atoms in total. The quantitative estimate of drug-likeness (QED) is 0.148. The highest BCUT2D eigenvalue weighted by atomic mass is 35.5. The third-order valence-corrected chi connectivity index (χ3v) is 6.49. The molecule has 0 aliphatic heterocycles. The van der Waals surface area contributed by atoms with E-state index < -0.39 is 11.6 Å². The van der Waals surface area contributed by atoms with Crippen LogP contribution in [0.1, 0.15) is 15.9 Å². The van der Waals surface area contributed by atoms with Gasteiger partial charge in [0.25, 0.3) is 0 Å². The Hall–Kier alpha value is -4.48. The summed E-state index contributed by atoms with van der Waals surface area (Å²) in [6.07, 6.45) is 0. The van der Waals surface area contributed by atoms with Crippen molar-refractivity contribution in [2.45, 2.75) is 6.61 Å². The molecule has 6 aromatic rings. The Bertz CT molecular complexity index is 1860. The first-order valence-electron chi connectivity index (χ1n) is 11.3. The predicted molar refractivity (Wildman–Crippen MR) is 141 cm³/mol. The van der Waals surface area contributed by atoms with Crippen LogP contribution < -0.4 is 5.63 Å². The Morgan fingerprint density at radius 2 is 1.61 bits per heavy atom. The minimum atomic E-state index is -0.525. The maximum atomic E-state index is 13.4. The number of halogens is 1. The van der Waals surface area contributed by atoms with Crippen molar-refractivity contribution in [2.75, 3.05) is 0 Å². The Balaban J connectivity index is 1.42. The van der Waals surface area contributed by atoms with Crippen molar-refractivity contribution < 1.29 is 13.9 Å². The van der Waals surface area contributed by atoms with E-state index >= 15 is 0 Å². The first kappa shape index (κ1) is 22.0. The molecular weight excluding hydrogens is 474 g/mol. The third-order valence-electron chi connectivity index (χ3n) is 6.16. The number of hydrogen-bond acceptors (Lipinski definition) is 5. The van der Waals surface area contributed by atoms with Crippen molar-refractivity contribution in [2.24, 2.45) is 0 Å². The number of carbonyl (C=O) groups is 1. The molecule has 36 heavy (non-hydrogen) atoms. The summed E-state index contributed by atoms with van der Waals surface area (Å²) in [6.45, 7) is -0.0903. The van der Waals surface area contributed by atoms with Gasteiger partial charge in [-0.05, 0) is 35.0 Å². The van der Waals surface area contributed by atoms with Crippen molar-refractivity contribution in [3.63, 3.8) is 0 Å². The lowest BCUT2D eigenvalue weighted by atomic mass is 10.0. The Labute approximate surface area is 210 Å². The molecular formula is C30H18ClNO4. The second-order valence-electron chi connectivity index (χ2n) is 8.38. The van der Waals surface area contributed by atoms with Crippen LogP contribution in [0.2, 0.25) is 5.02 Å². The SMILES string of the molecule is O=C(OCc1cc(=O)oc2ccc3ccccc3c12)c1cc(-c2ccccc2Cl)nc2ccccc12. The fourth-order valence-corrected chi connectivity index (χ4v) is 4.74. The smallest absolute Gasteiger partial charge is 0.339 e. The summed E-state index contributed by atoms with van der Waals surface area (Å²) < 4.78 is 11.2. The number of carbonyl (C=O) groups excluding carboxylic acids is 1. The summed E-state index contributed by atoms with van der Waals surface area (Å²) >= 11 is 6.41. The molecule has 2 aromatic heterocycles. The second-order valence-corrected chi connectivity index (χ2v) is 8.79. The molecule has 6 heteroatoms. The molecule has 0 N–H and O–H groups in total. The third kappa shape index (κ3) is 3.89. The molecule has 174 valence electrons. The number of fused-ring (bicyclic) bond motifs is 4. The van der Waals surface area contributed by atoms with Crippen LogP contribution >= 0.6 is 11.6 Å². The fraction of sp³-hybridized carbons (Fsp3) is 0.0333. The molecule has 0 radical (unpaired) electrons. The van der Waals surface area contributed by atoms with Crippen LogP contribution in [-0.2, 0) is 11.3 Å². The standard InChI is InChI=1S/C30H18ClNO4/c31-24-11-5-3-10-22(24)26-16-23(21-9-4-6-12-25(21)32-26)30(34)35-17-19-15-28(33)36-27-14-13-18-7-1-2-8-20(18)29(19)27/h1-16H,17H2. The Kier molecular flexibility index (Phi) is 5.47. The van der Waals surface area contributed by atoms with Gasteiger partial charge in [0.15, 0.2) is 0 Å². The van der Waals surface area contributed by atoms with Gasteiger partial charge in [0.05, 0.1) is 16.8 Å². The van der Waals surface area contributed by atoms with E-state index in [2.05, 4.69) is 0 Å². The Morgan fingerprint density at radius 1 is 0.861 bits per heavy atom. The van der Waals surface area contributed by atoms with E-state index in [1.165, 1.54) is 6.07 Å².